The Bertz CT molecular complexity index is 484. The smallest absolute Gasteiger partial charge is 0.285 e. The van der Waals surface area contributed by atoms with Crippen LogP contribution in [-0.4, -0.2) is 35.1 Å². The van der Waals surface area contributed by atoms with Gasteiger partial charge in [0.05, 0.1) is 13.1 Å². The van der Waals surface area contributed by atoms with Crippen LogP contribution in [0.4, 0.5) is 0 Å². The van der Waals surface area contributed by atoms with Gasteiger partial charge in [-0.15, -0.1) is 0 Å². The highest BCUT2D eigenvalue weighted by molar-refractivity contribution is 5.28. The van der Waals surface area contributed by atoms with Crippen LogP contribution in [0.1, 0.15) is 24.4 Å². The topological polar surface area (TPSA) is 70.7 Å². The molecule has 3 atom stereocenters. The molecule has 5 N–H and O–H groups in total. The van der Waals surface area contributed by atoms with Gasteiger partial charge in [-0.3, -0.25) is 0 Å². The number of rotatable bonds is 1. The van der Waals surface area contributed by atoms with Crippen LogP contribution < -0.4 is 10.4 Å². The van der Waals surface area contributed by atoms with Crippen molar-refractivity contribution in [3.8, 4) is 5.75 Å². The molecule has 5 nitrogen and oxygen atoms in total. The van der Waals surface area contributed by atoms with Gasteiger partial charge in [0.1, 0.15) is 5.75 Å². The van der Waals surface area contributed by atoms with Crippen molar-refractivity contribution in [3.05, 3.63) is 29.8 Å². The Morgan fingerprint density at radius 1 is 1.21 bits per heavy atom. The van der Waals surface area contributed by atoms with Gasteiger partial charge in [-0.1, -0.05) is 0 Å². The highest BCUT2D eigenvalue weighted by Gasteiger charge is 2.68. The molecule has 4 heterocycles. The second kappa shape index (κ2) is 3.93. The third-order valence-corrected chi connectivity index (χ3v) is 5.14. The molecule has 0 aliphatic carbocycles. The average molecular weight is 264 g/mol. The highest BCUT2D eigenvalue weighted by Crippen LogP contribution is 2.38. The first kappa shape index (κ1) is 11.7. The molecule has 5 rings (SSSR count). The molecular formula is C14H20N2O3+2. The van der Waals surface area contributed by atoms with E-state index in [1.807, 2.05) is 12.1 Å². The number of aliphatic hydroxyl groups is 1. The van der Waals surface area contributed by atoms with Crippen LogP contribution in [0.3, 0.4) is 0 Å². The van der Waals surface area contributed by atoms with Crippen LogP contribution in [0.15, 0.2) is 24.3 Å². The van der Waals surface area contributed by atoms with Crippen molar-refractivity contribution in [1.29, 1.82) is 0 Å². The molecule has 5 heteroatoms. The van der Waals surface area contributed by atoms with Crippen molar-refractivity contribution < 1.29 is 25.4 Å². The zero-order chi connectivity index (χ0) is 13.0. The minimum Gasteiger partial charge on any atom is -0.508 e. The molecule has 4 aliphatic rings. The largest absolute Gasteiger partial charge is 0.508 e. The zero-order valence-electron chi connectivity index (χ0n) is 10.7. The predicted molar refractivity (Wildman–Crippen MR) is 66.0 cm³/mol. The SMILES string of the molecule is Oc1ccc(C2[NH2+]OC3(O)C4CC[NH+](CC4)C23)cc1. The molecular weight excluding hydrogens is 244 g/mol. The van der Waals surface area contributed by atoms with Gasteiger partial charge in [-0.25, -0.2) is 0 Å². The molecule has 4 fully saturated rings. The molecule has 3 unspecified atom stereocenters. The molecule has 102 valence electrons. The molecule has 0 spiro atoms. The minimum absolute atomic E-state index is 0.101. The second-order valence-corrected chi connectivity index (χ2v) is 6.03. The Balaban J connectivity index is 1.70. The van der Waals surface area contributed by atoms with Crippen LogP contribution in [0.25, 0.3) is 0 Å². The molecule has 4 saturated heterocycles. The van der Waals surface area contributed by atoms with Gasteiger partial charge in [0.15, 0.2) is 6.04 Å². The van der Waals surface area contributed by atoms with Crippen molar-refractivity contribution in [2.24, 2.45) is 5.92 Å². The Morgan fingerprint density at radius 2 is 1.89 bits per heavy atom. The van der Waals surface area contributed by atoms with E-state index in [0.29, 0.717) is 0 Å². The number of fused-ring (bicyclic) bond motifs is 2. The summed E-state index contributed by atoms with van der Waals surface area (Å²) in [7, 11) is 0. The van der Waals surface area contributed by atoms with E-state index in [1.54, 1.807) is 17.6 Å². The molecule has 2 bridgehead atoms. The zero-order valence-corrected chi connectivity index (χ0v) is 10.7. The maximum atomic E-state index is 10.9. The minimum atomic E-state index is -0.978. The molecule has 1 aromatic carbocycles. The lowest BCUT2D eigenvalue weighted by molar-refractivity contribution is -0.958. The second-order valence-electron chi connectivity index (χ2n) is 6.03. The fourth-order valence-corrected chi connectivity index (χ4v) is 4.17. The number of phenolic OH excluding ortho intramolecular Hbond substituents is 1. The molecule has 0 aromatic heterocycles. The average Bonchev–Trinajstić information content (AvgIpc) is 2.81. The molecule has 0 saturated carbocycles. The van der Waals surface area contributed by atoms with Crippen LogP contribution in [0, 0.1) is 5.92 Å². The Labute approximate surface area is 111 Å². The molecule has 19 heavy (non-hydrogen) atoms. The third kappa shape index (κ3) is 1.56. The number of aromatic hydroxyl groups is 1. The van der Waals surface area contributed by atoms with E-state index < -0.39 is 5.79 Å². The van der Waals surface area contributed by atoms with Crippen molar-refractivity contribution in [1.82, 2.24) is 0 Å². The number of hydroxylamine groups is 1. The maximum Gasteiger partial charge on any atom is 0.285 e. The van der Waals surface area contributed by atoms with Gasteiger partial charge in [0, 0.05) is 24.3 Å². The van der Waals surface area contributed by atoms with E-state index in [4.69, 9.17) is 4.84 Å². The summed E-state index contributed by atoms with van der Waals surface area (Å²) in [6.07, 6.45) is 2.11. The number of hydrogen-bond donors (Lipinski definition) is 4. The van der Waals surface area contributed by atoms with E-state index in [0.717, 1.165) is 31.5 Å². The summed E-state index contributed by atoms with van der Waals surface area (Å²) in [5, 5.41) is 20.3. The van der Waals surface area contributed by atoms with E-state index in [2.05, 4.69) is 0 Å². The molecule has 0 radical (unpaired) electrons. The number of benzene rings is 1. The van der Waals surface area contributed by atoms with Gasteiger partial charge >= 0.3 is 0 Å². The summed E-state index contributed by atoms with van der Waals surface area (Å²) in [5.74, 6) is -0.432. The lowest BCUT2D eigenvalue weighted by Crippen LogP contribution is -3.22. The summed E-state index contributed by atoms with van der Waals surface area (Å²) in [5.41, 5.74) is 2.92. The van der Waals surface area contributed by atoms with E-state index >= 15 is 0 Å². The number of hydrogen-bond acceptors (Lipinski definition) is 3. The lowest BCUT2D eigenvalue weighted by Gasteiger charge is -2.46. The third-order valence-electron chi connectivity index (χ3n) is 5.14. The maximum absolute atomic E-state index is 10.9. The first-order valence-corrected chi connectivity index (χ1v) is 7.05. The Morgan fingerprint density at radius 3 is 2.58 bits per heavy atom. The predicted octanol–water partition coefficient (Wildman–Crippen LogP) is -1.69. The number of nitrogens with two attached hydrogens (primary N) is 1. The Kier molecular flexibility index (Phi) is 2.41. The van der Waals surface area contributed by atoms with E-state index in [9.17, 15) is 10.2 Å². The van der Waals surface area contributed by atoms with E-state index in [-0.39, 0.29) is 23.8 Å². The van der Waals surface area contributed by atoms with Crippen molar-refractivity contribution in [2.75, 3.05) is 13.1 Å². The van der Waals surface area contributed by atoms with Gasteiger partial charge in [-0.05, 0) is 24.3 Å². The summed E-state index contributed by atoms with van der Waals surface area (Å²) in [4.78, 5) is 7.18. The normalized spacial score (nSPS) is 44.3. The molecule has 0 amide bonds. The van der Waals surface area contributed by atoms with Crippen LogP contribution >= 0.6 is 0 Å². The summed E-state index contributed by atoms with van der Waals surface area (Å²) >= 11 is 0. The number of quaternary nitrogens is 2. The van der Waals surface area contributed by atoms with E-state index in [1.165, 1.54) is 4.90 Å². The molecule has 4 aliphatic heterocycles. The van der Waals surface area contributed by atoms with Crippen molar-refractivity contribution >= 4 is 0 Å². The fourth-order valence-electron chi connectivity index (χ4n) is 4.17. The number of phenols is 1. The summed E-state index contributed by atoms with van der Waals surface area (Å²) in [6, 6.07) is 7.47. The van der Waals surface area contributed by atoms with Crippen molar-refractivity contribution in [2.45, 2.75) is 30.7 Å². The van der Waals surface area contributed by atoms with Gasteiger partial charge in [0.2, 0.25) is 6.04 Å². The van der Waals surface area contributed by atoms with Gasteiger partial charge in [0.25, 0.3) is 5.79 Å². The van der Waals surface area contributed by atoms with Crippen LogP contribution in [0.5, 0.6) is 5.75 Å². The fraction of sp³-hybridized carbons (Fsp3) is 0.571. The van der Waals surface area contributed by atoms with Crippen LogP contribution in [-0.2, 0) is 4.84 Å². The van der Waals surface area contributed by atoms with Crippen molar-refractivity contribution in [3.63, 3.8) is 0 Å². The number of nitrogens with one attached hydrogen (secondary N) is 1. The summed E-state index contributed by atoms with van der Waals surface area (Å²) < 4.78 is 0. The first-order valence-electron chi connectivity index (χ1n) is 7.05. The van der Waals surface area contributed by atoms with Gasteiger partial charge < -0.3 is 15.1 Å². The quantitative estimate of drug-likeness (QED) is 0.489. The summed E-state index contributed by atoms with van der Waals surface area (Å²) in [6.45, 7) is 2.26. The lowest BCUT2D eigenvalue weighted by atomic mass is 9.75. The van der Waals surface area contributed by atoms with Crippen LogP contribution in [0.2, 0.25) is 0 Å². The number of piperidine rings is 3. The standard InChI is InChI=1S/C14H18N2O3/c17-11-3-1-9(2-4-11)12-13-14(18,19-15-12)10-5-7-16(13)8-6-10/h1-4,10,12-13,15,17-18H,5-8H2/p+2. The Hall–Kier alpha value is -1.14. The van der Waals surface area contributed by atoms with Gasteiger partial charge in [-0.2, -0.15) is 10.3 Å². The highest BCUT2D eigenvalue weighted by atomic mass is 16.8. The monoisotopic (exact) mass is 264 g/mol. The molecule has 1 aromatic rings. The first-order chi connectivity index (χ1) is 9.18.